The van der Waals surface area contributed by atoms with Crippen molar-refractivity contribution in [3.05, 3.63) is 0 Å². The van der Waals surface area contributed by atoms with E-state index < -0.39 is 10.1 Å². The van der Waals surface area contributed by atoms with Crippen LogP contribution < -0.4 is 5.32 Å². The van der Waals surface area contributed by atoms with Gasteiger partial charge in [-0.15, -0.1) is 0 Å². The average Bonchev–Trinajstić information content (AvgIpc) is 2.06. The van der Waals surface area contributed by atoms with Gasteiger partial charge < -0.3 is 10.1 Å². The highest BCUT2D eigenvalue weighted by Crippen LogP contribution is 1.81. The van der Waals surface area contributed by atoms with Gasteiger partial charge in [0, 0.05) is 18.8 Å². The Bertz CT molecular complexity index is 189. The summed E-state index contributed by atoms with van der Waals surface area (Å²) in [5, 5.41) is 3.16. The molecule has 1 heterocycles. The molecule has 0 spiro atoms. The molecule has 7 heteroatoms. The van der Waals surface area contributed by atoms with Crippen molar-refractivity contribution in [1.29, 1.82) is 0 Å². The molecule has 80 valence electrons. The van der Waals surface area contributed by atoms with Crippen LogP contribution in [0.25, 0.3) is 0 Å². The van der Waals surface area contributed by atoms with Crippen molar-refractivity contribution >= 4 is 22.7 Å². The van der Waals surface area contributed by atoms with Crippen LogP contribution in [0.4, 0.5) is 0 Å². The fourth-order valence-electron chi connectivity index (χ4n) is 0.631. The molecule has 1 fully saturated rings. The Morgan fingerprint density at radius 2 is 1.92 bits per heavy atom. The van der Waals surface area contributed by atoms with Gasteiger partial charge in [0.1, 0.15) is 0 Å². The first-order valence-corrected chi connectivity index (χ1v) is 6.15. The van der Waals surface area contributed by atoms with Crippen LogP contribution in [-0.2, 0) is 14.9 Å². The van der Waals surface area contributed by atoms with E-state index in [1.807, 2.05) is 0 Å². The van der Waals surface area contributed by atoms with Gasteiger partial charge in [0.15, 0.2) is 0 Å². The predicted octanol–water partition coefficient (Wildman–Crippen LogP) is -0.590. The summed E-state index contributed by atoms with van der Waals surface area (Å²) in [6, 6.07) is 0. The van der Waals surface area contributed by atoms with Gasteiger partial charge in [0.05, 0.1) is 19.0 Å². The van der Waals surface area contributed by atoms with Crippen molar-refractivity contribution in [3.63, 3.8) is 0 Å². The van der Waals surface area contributed by atoms with Crippen LogP contribution in [0.3, 0.4) is 0 Å². The van der Waals surface area contributed by atoms with E-state index >= 15 is 0 Å². The number of hydrogen-bond donors (Lipinski definition) is 3. The highest BCUT2D eigenvalue weighted by atomic mass is 32.2. The highest BCUT2D eigenvalue weighted by molar-refractivity contribution is 7.87. The maximum Gasteiger partial charge on any atom is 0.265 e. The fraction of sp³-hybridized carbons (Fsp3) is 1.00. The summed E-state index contributed by atoms with van der Waals surface area (Å²) in [6.45, 7) is 3.83. The summed E-state index contributed by atoms with van der Waals surface area (Å²) in [6.07, 6.45) is 0. The molecule has 13 heavy (non-hydrogen) atoms. The van der Waals surface area contributed by atoms with E-state index in [1.54, 1.807) is 0 Å². The first kappa shape index (κ1) is 13.2. The topological polar surface area (TPSA) is 75.6 Å². The monoisotopic (exact) mass is 229 g/mol. The first-order valence-electron chi connectivity index (χ1n) is 3.91. The normalized spacial score (nSPS) is 17.4. The second kappa shape index (κ2) is 7.57. The molecule has 0 atom stereocenters. The third-order valence-electron chi connectivity index (χ3n) is 1.20. The molecule has 2 N–H and O–H groups in total. The standard InChI is InChI=1S/C4H9NO.C2H6O3S2/c1-3-6-4-2-5-1;3-7(4,5)2-1-6/h5H,1-4H2;6H,1-2H2,(H,3,4,5). The summed E-state index contributed by atoms with van der Waals surface area (Å²) >= 11 is 3.57. The summed E-state index contributed by atoms with van der Waals surface area (Å²) in [4.78, 5) is 0. The maximum absolute atomic E-state index is 9.74. The Kier molecular flexibility index (Phi) is 7.68. The summed E-state index contributed by atoms with van der Waals surface area (Å²) in [7, 11) is -3.75. The van der Waals surface area contributed by atoms with Crippen LogP contribution in [0.1, 0.15) is 0 Å². The Balaban J connectivity index is 0.000000223. The molecule has 0 aromatic rings. The van der Waals surface area contributed by atoms with Crippen molar-refractivity contribution in [3.8, 4) is 0 Å². The number of ether oxygens (including phenoxy) is 1. The zero-order valence-corrected chi connectivity index (χ0v) is 8.98. The third kappa shape index (κ3) is 12.2. The molecule has 1 aliphatic rings. The van der Waals surface area contributed by atoms with E-state index in [4.69, 9.17) is 9.29 Å². The molecule has 0 saturated carbocycles. The number of rotatable bonds is 2. The Morgan fingerprint density at radius 3 is 2.00 bits per heavy atom. The molecule has 0 aromatic carbocycles. The van der Waals surface area contributed by atoms with Crippen molar-refractivity contribution in [2.24, 2.45) is 0 Å². The molecule has 0 radical (unpaired) electrons. The molecule has 1 saturated heterocycles. The van der Waals surface area contributed by atoms with Crippen molar-refractivity contribution in [2.75, 3.05) is 37.8 Å². The van der Waals surface area contributed by atoms with Gasteiger partial charge in [-0.05, 0) is 0 Å². The van der Waals surface area contributed by atoms with Crippen LogP contribution in [0.5, 0.6) is 0 Å². The lowest BCUT2D eigenvalue weighted by atomic mass is 10.5. The number of thiol groups is 1. The van der Waals surface area contributed by atoms with Crippen molar-refractivity contribution in [2.45, 2.75) is 0 Å². The smallest absolute Gasteiger partial charge is 0.265 e. The second-order valence-electron chi connectivity index (χ2n) is 2.37. The van der Waals surface area contributed by atoms with Gasteiger partial charge in [-0.25, -0.2) is 0 Å². The second-order valence-corrected chi connectivity index (χ2v) is 4.39. The zero-order chi connectivity index (χ0) is 10.2. The van der Waals surface area contributed by atoms with Crippen LogP contribution >= 0.6 is 12.6 Å². The predicted molar refractivity (Wildman–Crippen MR) is 54.0 cm³/mol. The van der Waals surface area contributed by atoms with Gasteiger partial charge in [0.25, 0.3) is 10.1 Å². The van der Waals surface area contributed by atoms with E-state index in [1.165, 1.54) is 0 Å². The zero-order valence-electron chi connectivity index (χ0n) is 7.27. The molecular weight excluding hydrogens is 214 g/mol. The molecule has 0 aromatic heterocycles. The van der Waals surface area contributed by atoms with Crippen LogP contribution in [0.15, 0.2) is 0 Å². The largest absolute Gasteiger partial charge is 0.379 e. The summed E-state index contributed by atoms with van der Waals surface area (Å²) in [5.41, 5.74) is 0. The average molecular weight is 229 g/mol. The van der Waals surface area contributed by atoms with Crippen molar-refractivity contribution in [1.82, 2.24) is 5.32 Å². The molecule has 0 amide bonds. The van der Waals surface area contributed by atoms with Gasteiger partial charge >= 0.3 is 0 Å². The van der Waals surface area contributed by atoms with Crippen LogP contribution in [0.2, 0.25) is 0 Å². The van der Waals surface area contributed by atoms with Gasteiger partial charge in [0.2, 0.25) is 0 Å². The Morgan fingerprint density at radius 1 is 1.38 bits per heavy atom. The lowest BCUT2D eigenvalue weighted by Crippen LogP contribution is -2.30. The van der Waals surface area contributed by atoms with Crippen LogP contribution in [0, 0.1) is 0 Å². The Labute approximate surface area is 84.0 Å². The lowest BCUT2D eigenvalue weighted by molar-refractivity contribution is 0.109. The molecular formula is C6H15NO4S2. The number of hydrogen-bond acceptors (Lipinski definition) is 5. The van der Waals surface area contributed by atoms with E-state index in [9.17, 15) is 8.42 Å². The molecule has 0 aliphatic carbocycles. The van der Waals surface area contributed by atoms with Gasteiger partial charge in [-0.3, -0.25) is 4.55 Å². The summed E-state index contributed by atoms with van der Waals surface area (Å²) in [5.74, 6) is -0.102. The molecule has 0 unspecified atom stereocenters. The quantitative estimate of drug-likeness (QED) is 0.436. The van der Waals surface area contributed by atoms with E-state index in [2.05, 4.69) is 17.9 Å². The maximum atomic E-state index is 9.74. The minimum Gasteiger partial charge on any atom is -0.379 e. The number of nitrogens with one attached hydrogen (secondary N) is 1. The Hall–Kier alpha value is 0.180. The first-order chi connectivity index (χ1) is 6.06. The van der Waals surface area contributed by atoms with E-state index in [0.29, 0.717) is 0 Å². The van der Waals surface area contributed by atoms with Crippen LogP contribution in [-0.4, -0.2) is 50.8 Å². The highest BCUT2D eigenvalue weighted by Gasteiger charge is 1.98. The molecule has 0 bridgehead atoms. The molecule has 1 aliphatic heterocycles. The van der Waals surface area contributed by atoms with E-state index in [-0.39, 0.29) is 11.5 Å². The van der Waals surface area contributed by atoms with Gasteiger partial charge in [-0.2, -0.15) is 21.0 Å². The fourth-order valence-corrected chi connectivity index (χ4v) is 1.55. The van der Waals surface area contributed by atoms with E-state index in [0.717, 1.165) is 26.3 Å². The minimum atomic E-state index is -3.75. The third-order valence-corrected chi connectivity index (χ3v) is 2.44. The van der Waals surface area contributed by atoms with Gasteiger partial charge in [-0.1, -0.05) is 0 Å². The van der Waals surface area contributed by atoms with Crippen molar-refractivity contribution < 1.29 is 17.7 Å². The summed E-state index contributed by atoms with van der Waals surface area (Å²) < 4.78 is 32.4. The molecule has 5 nitrogen and oxygen atoms in total. The number of morpholine rings is 1. The SMILES string of the molecule is C1COCCN1.O=S(=O)(O)CCS. The molecule has 1 rings (SSSR count). The minimum absolute atomic E-state index is 0.166. The lowest BCUT2D eigenvalue weighted by Gasteiger charge is -2.10.